The zero-order valence-corrected chi connectivity index (χ0v) is 18.1. The number of aryl methyl sites for hydroxylation is 1. The van der Waals surface area contributed by atoms with Gasteiger partial charge in [0.25, 0.3) is 0 Å². The fourth-order valence-electron chi connectivity index (χ4n) is 3.91. The molecule has 0 radical (unpaired) electrons. The molecule has 1 saturated heterocycles. The molecule has 2 aromatic carbocycles. The molecule has 1 aliphatic rings. The molecule has 0 bridgehead atoms. The van der Waals surface area contributed by atoms with Crippen molar-refractivity contribution in [2.24, 2.45) is 5.92 Å². The number of carbonyl (C=O) groups excluding carboxylic acids is 1. The minimum Gasteiger partial charge on any atom is -0.342 e. The van der Waals surface area contributed by atoms with E-state index in [-0.39, 0.29) is 5.91 Å². The minimum absolute atomic E-state index is 0.245. The van der Waals surface area contributed by atoms with Gasteiger partial charge in [0.2, 0.25) is 17.6 Å². The quantitative estimate of drug-likeness (QED) is 0.502. The smallest absolute Gasteiger partial charge is 0.227 e. The SMILES string of the molecule is Cc1ccccc1-c1noc(C[C@H]2CCCN(C(=O)CCSc3ccccc3)C2)n1. The van der Waals surface area contributed by atoms with Gasteiger partial charge in [0, 0.05) is 42.1 Å². The van der Waals surface area contributed by atoms with Crippen LogP contribution in [0.5, 0.6) is 0 Å². The first-order valence-electron chi connectivity index (χ1n) is 10.5. The second kappa shape index (κ2) is 9.94. The molecular weight excluding hydrogens is 394 g/mol. The summed E-state index contributed by atoms with van der Waals surface area (Å²) in [6, 6.07) is 18.3. The first-order chi connectivity index (χ1) is 14.7. The van der Waals surface area contributed by atoms with Gasteiger partial charge in [-0.15, -0.1) is 11.8 Å². The Morgan fingerprint density at radius 3 is 2.80 bits per heavy atom. The van der Waals surface area contributed by atoms with Gasteiger partial charge in [-0.1, -0.05) is 47.6 Å². The van der Waals surface area contributed by atoms with E-state index in [2.05, 4.69) is 22.3 Å². The number of amides is 1. The van der Waals surface area contributed by atoms with Crippen LogP contribution in [0.25, 0.3) is 11.4 Å². The molecule has 0 spiro atoms. The average molecular weight is 422 g/mol. The summed E-state index contributed by atoms with van der Waals surface area (Å²) in [7, 11) is 0. The Morgan fingerprint density at radius 1 is 1.17 bits per heavy atom. The first kappa shape index (κ1) is 20.7. The van der Waals surface area contributed by atoms with Gasteiger partial charge in [-0.3, -0.25) is 4.79 Å². The normalized spacial score (nSPS) is 16.6. The van der Waals surface area contributed by atoms with Crippen LogP contribution in [-0.2, 0) is 11.2 Å². The summed E-state index contributed by atoms with van der Waals surface area (Å²) >= 11 is 1.74. The lowest BCUT2D eigenvalue weighted by Gasteiger charge is -2.32. The second-order valence-corrected chi connectivity index (χ2v) is 8.96. The van der Waals surface area contributed by atoms with Crippen LogP contribution in [-0.4, -0.2) is 39.8 Å². The van der Waals surface area contributed by atoms with Gasteiger partial charge in [0.1, 0.15) is 0 Å². The van der Waals surface area contributed by atoms with Crippen molar-refractivity contribution in [1.29, 1.82) is 0 Å². The second-order valence-electron chi connectivity index (χ2n) is 7.79. The van der Waals surface area contributed by atoms with Gasteiger partial charge >= 0.3 is 0 Å². The monoisotopic (exact) mass is 421 g/mol. The number of carbonyl (C=O) groups is 1. The summed E-state index contributed by atoms with van der Waals surface area (Å²) in [5.74, 6) is 2.73. The highest BCUT2D eigenvalue weighted by Gasteiger charge is 2.25. The highest BCUT2D eigenvalue weighted by molar-refractivity contribution is 7.99. The first-order valence-corrected chi connectivity index (χ1v) is 11.5. The Bertz CT molecular complexity index is 973. The van der Waals surface area contributed by atoms with Crippen molar-refractivity contribution in [3.8, 4) is 11.4 Å². The van der Waals surface area contributed by atoms with Crippen LogP contribution in [0.2, 0.25) is 0 Å². The van der Waals surface area contributed by atoms with Gasteiger partial charge in [-0.25, -0.2) is 0 Å². The largest absolute Gasteiger partial charge is 0.342 e. The van der Waals surface area contributed by atoms with E-state index in [0.29, 0.717) is 24.1 Å². The summed E-state index contributed by atoms with van der Waals surface area (Å²) in [5, 5.41) is 4.17. The lowest BCUT2D eigenvalue weighted by atomic mass is 9.94. The van der Waals surface area contributed by atoms with Crippen LogP contribution in [0, 0.1) is 12.8 Å². The molecule has 0 unspecified atom stereocenters. The number of nitrogens with zero attached hydrogens (tertiary/aromatic N) is 3. The van der Waals surface area contributed by atoms with E-state index in [4.69, 9.17) is 4.52 Å². The molecular formula is C24H27N3O2S. The van der Waals surface area contributed by atoms with Crippen LogP contribution in [0.15, 0.2) is 64.0 Å². The van der Waals surface area contributed by atoms with E-state index in [1.165, 1.54) is 4.90 Å². The molecule has 30 heavy (non-hydrogen) atoms. The molecule has 1 aromatic heterocycles. The summed E-state index contributed by atoms with van der Waals surface area (Å²) in [4.78, 5) is 20.5. The van der Waals surface area contributed by atoms with Crippen LogP contribution in [0.4, 0.5) is 0 Å². The van der Waals surface area contributed by atoms with Gasteiger partial charge < -0.3 is 9.42 Å². The van der Waals surface area contributed by atoms with Gasteiger partial charge in [-0.05, 0) is 43.4 Å². The third-order valence-electron chi connectivity index (χ3n) is 5.52. The van der Waals surface area contributed by atoms with E-state index >= 15 is 0 Å². The van der Waals surface area contributed by atoms with Crippen molar-refractivity contribution >= 4 is 17.7 Å². The Labute approximate surface area is 181 Å². The number of likely N-dealkylation sites (tertiary alicyclic amines) is 1. The van der Waals surface area contributed by atoms with Crippen LogP contribution in [0.1, 0.15) is 30.7 Å². The molecule has 3 aromatic rings. The van der Waals surface area contributed by atoms with Crippen molar-refractivity contribution in [3.05, 3.63) is 66.1 Å². The fraction of sp³-hybridized carbons (Fsp3) is 0.375. The van der Waals surface area contributed by atoms with Gasteiger partial charge in [-0.2, -0.15) is 4.98 Å². The van der Waals surface area contributed by atoms with Crippen molar-refractivity contribution in [3.63, 3.8) is 0 Å². The van der Waals surface area contributed by atoms with Crippen LogP contribution in [0.3, 0.4) is 0 Å². The van der Waals surface area contributed by atoms with E-state index in [1.54, 1.807) is 11.8 Å². The Morgan fingerprint density at radius 2 is 1.97 bits per heavy atom. The third-order valence-corrected chi connectivity index (χ3v) is 6.53. The Kier molecular flexibility index (Phi) is 6.84. The molecule has 4 rings (SSSR count). The summed E-state index contributed by atoms with van der Waals surface area (Å²) < 4.78 is 5.52. The molecule has 1 amide bonds. The van der Waals surface area contributed by atoms with E-state index in [1.807, 2.05) is 54.3 Å². The molecule has 0 N–H and O–H groups in total. The third kappa shape index (κ3) is 5.30. The van der Waals surface area contributed by atoms with Crippen LogP contribution < -0.4 is 0 Å². The molecule has 1 atom stereocenters. The zero-order chi connectivity index (χ0) is 20.8. The van der Waals surface area contributed by atoms with Crippen molar-refractivity contribution < 1.29 is 9.32 Å². The number of thioether (sulfide) groups is 1. The fourth-order valence-corrected chi connectivity index (χ4v) is 4.77. The number of rotatable bonds is 7. The highest BCUT2D eigenvalue weighted by atomic mass is 32.2. The Hall–Kier alpha value is -2.60. The molecule has 6 heteroatoms. The number of piperidine rings is 1. The summed E-state index contributed by atoms with van der Waals surface area (Å²) in [6.45, 7) is 3.67. The average Bonchev–Trinajstić information content (AvgIpc) is 3.23. The minimum atomic E-state index is 0.245. The maximum Gasteiger partial charge on any atom is 0.227 e. The summed E-state index contributed by atoms with van der Waals surface area (Å²) in [5.41, 5.74) is 2.14. The molecule has 156 valence electrons. The van der Waals surface area contributed by atoms with E-state index in [9.17, 15) is 4.79 Å². The molecule has 1 fully saturated rings. The van der Waals surface area contributed by atoms with Gasteiger partial charge in [0.05, 0.1) is 0 Å². The predicted molar refractivity (Wildman–Crippen MR) is 119 cm³/mol. The molecule has 1 aliphatic heterocycles. The molecule has 0 saturated carbocycles. The number of hydrogen-bond acceptors (Lipinski definition) is 5. The maximum absolute atomic E-state index is 12.7. The standard InChI is InChI=1S/C24H27N3O2S/c1-18-8-5-6-12-21(18)24-25-22(29-26-24)16-19-9-7-14-27(17-19)23(28)13-15-30-20-10-3-2-4-11-20/h2-6,8,10-12,19H,7,9,13-17H2,1H3/t19-/m1/s1. The molecule has 0 aliphatic carbocycles. The maximum atomic E-state index is 12.7. The molecule has 2 heterocycles. The van der Waals surface area contributed by atoms with E-state index in [0.717, 1.165) is 49.2 Å². The van der Waals surface area contributed by atoms with Crippen molar-refractivity contribution in [2.45, 2.75) is 37.5 Å². The van der Waals surface area contributed by atoms with E-state index < -0.39 is 0 Å². The lowest BCUT2D eigenvalue weighted by molar-refractivity contribution is -0.132. The van der Waals surface area contributed by atoms with Gasteiger partial charge in [0.15, 0.2) is 0 Å². The predicted octanol–water partition coefficient (Wildman–Crippen LogP) is 5.01. The summed E-state index contributed by atoms with van der Waals surface area (Å²) in [6.07, 6.45) is 3.41. The zero-order valence-electron chi connectivity index (χ0n) is 17.3. The Balaban J connectivity index is 1.29. The topological polar surface area (TPSA) is 59.2 Å². The van der Waals surface area contributed by atoms with Crippen molar-refractivity contribution in [2.75, 3.05) is 18.8 Å². The number of benzene rings is 2. The van der Waals surface area contributed by atoms with Crippen LogP contribution >= 0.6 is 11.8 Å². The highest BCUT2D eigenvalue weighted by Crippen LogP contribution is 2.25. The lowest BCUT2D eigenvalue weighted by Crippen LogP contribution is -2.40. The van der Waals surface area contributed by atoms with Crippen molar-refractivity contribution in [1.82, 2.24) is 15.0 Å². The molecule has 5 nitrogen and oxygen atoms in total. The number of hydrogen-bond donors (Lipinski definition) is 0. The number of aromatic nitrogens is 2.